The van der Waals surface area contributed by atoms with Crippen molar-refractivity contribution in [1.82, 2.24) is 4.90 Å². The maximum atomic E-state index is 12.5. The lowest BCUT2D eigenvalue weighted by Gasteiger charge is -2.26. The second kappa shape index (κ2) is 8.13. The van der Waals surface area contributed by atoms with Gasteiger partial charge in [0, 0.05) is 13.0 Å². The lowest BCUT2D eigenvalue weighted by Crippen LogP contribution is -2.42. The maximum Gasteiger partial charge on any atom is 0.410 e. The van der Waals surface area contributed by atoms with E-state index in [9.17, 15) is 9.59 Å². The van der Waals surface area contributed by atoms with Crippen molar-refractivity contribution in [3.05, 3.63) is 59.7 Å². The first-order valence-corrected chi connectivity index (χ1v) is 9.55. The molecule has 5 heteroatoms. The van der Waals surface area contributed by atoms with Crippen LogP contribution in [0.1, 0.15) is 37.3 Å². The van der Waals surface area contributed by atoms with Gasteiger partial charge in [0.15, 0.2) is 0 Å². The summed E-state index contributed by atoms with van der Waals surface area (Å²) in [4.78, 5) is 25.6. The van der Waals surface area contributed by atoms with E-state index in [-0.39, 0.29) is 18.4 Å². The predicted octanol–water partition coefficient (Wildman–Crippen LogP) is 5.05. The van der Waals surface area contributed by atoms with E-state index < -0.39 is 17.4 Å². The molecule has 1 aliphatic rings. The number of halogens is 1. The molecule has 0 bridgehead atoms. The number of nitrogens with zero attached hydrogens (tertiary/aromatic N) is 1. The highest BCUT2D eigenvalue weighted by Crippen LogP contribution is 2.44. The van der Waals surface area contributed by atoms with Crippen molar-refractivity contribution >= 4 is 22.9 Å². The number of fused-ring (bicyclic) bond motifs is 3. The average Bonchev–Trinajstić information content (AvgIpc) is 2.97. The molecule has 2 aromatic carbocycles. The number of rotatable bonds is 6. The van der Waals surface area contributed by atoms with Crippen LogP contribution in [0, 0.1) is 5.92 Å². The zero-order chi connectivity index (χ0) is 19.6. The monoisotopic (exact) mass is 385 g/mol. The van der Waals surface area contributed by atoms with Crippen LogP contribution in [0.3, 0.4) is 0 Å². The molecule has 0 spiro atoms. The van der Waals surface area contributed by atoms with Gasteiger partial charge in [-0.15, -0.1) is 0 Å². The van der Waals surface area contributed by atoms with Crippen LogP contribution in [-0.2, 0) is 9.53 Å². The number of amides is 1. The molecular formula is C22H24ClNO3. The summed E-state index contributed by atoms with van der Waals surface area (Å²) in [5, 5.41) is -0.542. The Kier molecular flexibility index (Phi) is 5.85. The van der Waals surface area contributed by atoms with Gasteiger partial charge in [0.25, 0.3) is 0 Å². The van der Waals surface area contributed by atoms with E-state index in [0.29, 0.717) is 6.42 Å². The fraction of sp³-hybridized carbons (Fsp3) is 0.364. The fourth-order valence-corrected chi connectivity index (χ4v) is 3.91. The molecule has 0 saturated carbocycles. The molecule has 0 N–H and O–H groups in total. The molecule has 27 heavy (non-hydrogen) atoms. The topological polar surface area (TPSA) is 46.6 Å². The number of carbonyl (C=O) groups excluding carboxylic acids is 2. The molecule has 0 unspecified atom stereocenters. The highest BCUT2D eigenvalue weighted by atomic mass is 35.5. The van der Waals surface area contributed by atoms with Crippen molar-refractivity contribution in [2.24, 2.45) is 5.92 Å². The van der Waals surface area contributed by atoms with Crippen LogP contribution < -0.4 is 0 Å². The lowest BCUT2D eigenvalue weighted by molar-refractivity contribution is -0.116. The highest BCUT2D eigenvalue weighted by molar-refractivity contribution is 6.64. The Morgan fingerprint density at radius 3 is 2.04 bits per heavy atom. The minimum atomic E-state index is -0.678. The van der Waals surface area contributed by atoms with Crippen molar-refractivity contribution in [1.29, 1.82) is 0 Å². The maximum absolute atomic E-state index is 12.5. The first kappa shape index (κ1) is 19.4. The standard InChI is InChI=1S/C22H24ClNO3/c1-14(2)12-20(21(23)25)24(3)22(26)27-13-19-17-10-6-4-8-15(17)16-9-5-7-11-18(16)19/h4-11,14,19-20H,12-13H2,1-3H3/t20-/m0/s1. The van der Waals surface area contributed by atoms with Gasteiger partial charge in [-0.05, 0) is 46.2 Å². The van der Waals surface area contributed by atoms with Gasteiger partial charge in [-0.1, -0.05) is 62.4 Å². The highest BCUT2D eigenvalue weighted by Gasteiger charge is 2.31. The first-order valence-electron chi connectivity index (χ1n) is 9.17. The normalized spacial score (nSPS) is 13.8. The van der Waals surface area contributed by atoms with E-state index in [1.165, 1.54) is 16.0 Å². The Balaban J connectivity index is 1.75. The largest absolute Gasteiger partial charge is 0.448 e. The van der Waals surface area contributed by atoms with Crippen molar-refractivity contribution in [2.75, 3.05) is 13.7 Å². The Bertz CT molecular complexity index is 803. The zero-order valence-electron chi connectivity index (χ0n) is 15.8. The minimum Gasteiger partial charge on any atom is -0.448 e. The number of hydrogen-bond donors (Lipinski definition) is 0. The molecule has 142 valence electrons. The molecule has 1 aliphatic carbocycles. The van der Waals surface area contributed by atoms with Crippen molar-refractivity contribution in [3.63, 3.8) is 0 Å². The van der Waals surface area contributed by atoms with Crippen LogP contribution in [0.25, 0.3) is 11.1 Å². The van der Waals surface area contributed by atoms with Crippen LogP contribution in [0.15, 0.2) is 48.5 Å². The Morgan fingerprint density at radius 1 is 1.04 bits per heavy atom. The SMILES string of the molecule is CC(C)C[C@@H](C(=O)Cl)N(C)C(=O)OCC1c2ccccc2-c2ccccc21. The molecule has 1 amide bonds. The van der Waals surface area contributed by atoms with Crippen LogP contribution >= 0.6 is 11.6 Å². The third-order valence-electron chi connectivity index (χ3n) is 5.05. The Morgan fingerprint density at radius 2 is 1.56 bits per heavy atom. The van der Waals surface area contributed by atoms with Gasteiger partial charge in [0.1, 0.15) is 12.6 Å². The molecule has 4 nitrogen and oxygen atoms in total. The molecule has 2 aromatic rings. The summed E-state index contributed by atoms with van der Waals surface area (Å²) in [6, 6.07) is 15.7. The number of likely N-dealkylation sites (N-methyl/N-ethyl adjacent to an activating group) is 1. The van der Waals surface area contributed by atoms with E-state index in [4.69, 9.17) is 16.3 Å². The summed E-state index contributed by atoms with van der Waals surface area (Å²) in [7, 11) is 1.56. The molecule has 0 saturated heterocycles. The van der Waals surface area contributed by atoms with Crippen LogP contribution in [0.4, 0.5) is 4.79 Å². The Hall–Kier alpha value is -2.33. The number of benzene rings is 2. The van der Waals surface area contributed by atoms with E-state index in [0.717, 1.165) is 11.1 Å². The van der Waals surface area contributed by atoms with Gasteiger partial charge < -0.3 is 4.74 Å². The van der Waals surface area contributed by atoms with Gasteiger partial charge in [-0.2, -0.15) is 0 Å². The van der Waals surface area contributed by atoms with Crippen molar-refractivity contribution in [3.8, 4) is 11.1 Å². The predicted molar refractivity (Wildman–Crippen MR) is 107 cm³/mol. The third-order valence-corrected chi connectivity index (χ3v) is 5.30. The molecule has 0 radical (unpaired) electrons. The lowest BCUT2D eigenvalue weighted by atomic mass is 9.98. The van der Waals surface area contributed by atoms with E-state index in [1.54, 1.807) is 7.05 Å². The number of ether oxygens (including phenoxy) is 1. The third kappa shape index (κ3) is 4.01. The summed E-state index contributed by atoms with van der Waals surface area (Å²) in [6.45, 7) is 4.19. The molecule has 0 fully saturated rings. The summed E-state index contributed by atoms with van der Waals surface area (Å²) in [6.07, 6.45) is -0.0280. The second-order valence-corrected chi connectivity index (χ2v) is 7.74. The van der Waals surface area contributed by atoms with Crippen LogP contribution in [-0.4, -0.2) is 35.9 Å². The molecule has 0 aliphatic heterocycles. The quantitative estimate of drug-likeness (QED) is 0.654. The Labute approximate surface area is 165 Å². The fourth-order valence-electron chi connectivity index (χ4n) is 3.67. The van der Waals surface area contributed by atoms with Gasteiger partial charge in [0.05, 0.1) is 0 Å². The number of hydrogen-bond acceptors (Lipinski definition) is 3. The van der Waals surface area contributed by atoms with Crippen LogP contribution in [0.2, 0.25) is 0 Å². The smallest absolute Gasteiger partial charge is 0.410 e. The van der Waals surface area contributed by atoms with Gasteiger partial charge in [-0.25, -0.2) is 4.79 Å². The average molecular weight is 386 g/mol. The molecule has 0 heterocycles. The van der Waals surface area contributed by atoms with E-state index in [1.807, 2.05) is 38.1 Å². The summed E-state index contributed by atoms with van der Waals surface area (Å²) in [5.41, 5.74) is 4.66. The minimum absolute atomic E-state index is 0.00926. The van der Waals surface area contributed by atoms with Gasteiger partial charge >= 0.3 is 6.09 Å². The van der Waals surface area contributed by atoms with E-state index in [2.05, 4.69) is 24.3 Å². The zero-order valence-corrected chi connectivity index (χ0v) is 16.6. The summed E-state index contributed by atoms with van der Waals surface area (Å²) >= 11 is 5.70. The summed E-state index contributed by atoms with van der Waals surface area (Å²) in [5.74, 6) is 0.228. The molecule has 3 rings (SSSR count). The number of carbonyl (C=O) groups is 2. The summed E-state index contributed by atoms with van der Waals surface area (Å²) < 4.78 is 5.59. The van der Waals surface area contributed by atoms with Gasteiger partial charge in [0.2, 0.25) is 5.24 Å². The van der Waals surface area contributed by atoms with E-state index >= 15 is 0 Å². The second-order valence-electron chi connectivity index (χ2n) is 7.36. The molecule has 0 aromatic heterocycles. The van der Waals surface area contributed by atoms with Crippen molar-refractivity contribution in [2.45, 2.75) is 32.2 Å². The molecular weight excluding hydrogens is 362 g/mol. The van der Waals surface area contributed by atoms with Gasteiger partial charge in [-0.3, -0.25) is 9.69 Å². The molecule has 1 atom stereocenters. The van der Waals surface area contributed by atoms with Crippen molar-refractivity contribution < 1.29 is 14.3 Å². The first-order chi connectivity index (χ1) is 12.9. The van der Waals surface area contributed by atoms with Crippen LogP contribution in [0.5, 0.6) is 0 Å².